The quantitative estimate of drug-likeness (QED) is 0.759. The van der Waals surface area contributed by atoms with Crippen molar-refractivity contribution in [2.24, 2.45) is 0 Å². The van der Waals surface area contributed by atoms with Gasteiger partial charge in [-0.2, -0.15) is 0 Å². The molecule has 1 aromatic rings. The summed E-state index contributed by atoms with van der Waals surface area (Å²) in [5.74, 6) is -1.71. The van der Waals surface area contributed by atoms with E-state index in [0.717, 1.165) is 3.57 Å². The fraction of sp³-hybridized carbons (Fsp3) is 0.385. The van der Waals surface area contributed by atoms with Crippen molar-refractivity contribution in [3.05, 3.63) is 27.3 Å². The van der Waals surface area contributed by atoms with Gasteiger partial charge in [-0.1, -0.05) is 0 Å². The van der Waals surface area contributed by atoms with Gasteiger partial charge in [-0.15, -0.1) is 0 Å². The maximum atomic E-state index is 12.4. The zero-order valence-corrected chi connectivity index (χ0v) is 12.9. The number of phenols is 1. The first-order chi connectivity index (χ1) is 9.43. The highest BCUT2D eigenvalue weighted by Gasteiger charge is 2.40. The number of likely N-dealkylation sites (tertiary alicyclic amines) is 1. The first kappa shape index (κ1) is 15.0. The summed E-state index contributed by atoms with van der Waals surface area (Å²) < 4.78 is 5.93. The molecule has 1 aliphatic heterocycles. The number of nitrogens with zero attached hydrogens (tertiary/aromatic N) is 1. The standard InChI is InChI=1S/C13H14INO5/c1-20-8-5-10(13(18)19)15(6-8)12(17)9-4-7(14)2-3-11(9)16/h2-4,8,10,16H,5-6H2,1H3,(H,18,19). The Kier molecular flexibility index (Phi) is 4.48. The molecule has 1 saturated heterocycles. The molecule has 108 valence electrons. The number of carbonyl (C=O) groups excluding carboxylic acids is 1. The van der Waals surface area contributed by atoms with Crippen molar-refractivity contribution in [2.75, 3.05) is 13.7 Å². The Labute approximate surface area is 129 Å². The van der Waals surface area contributed by atoms with E-state index in [0.29, 0.717) is 0 Å². The molecular weight excluding hydrogens is 377 g/mol. The lowest BCUT2D eigenvalue weighted by Gasteiger charge is -2.21. The summed E-state index contributed by atoms with van der Waals surface area (Å²) in [7, 11) is 1.49. The van der Waals surface area contributed by atoms with Gasteiger partial charge < -0.3 is 19.8 Å². The summed E-state index contributed by atoms with van der Waals surface area (Å²) in [5, 5.41) is 19.0. The van der Waals surface area contributed by atoms with Gasteiger partial charge in [0, 0.05) is 23.6 Å². The number of aliphatic carboxylic acids is 1. The van der Waals surface area contributed by atoms with E-state index in [2.05, 4.69) is 0 Å². The summed E-state index contributed by atoms with van der Waals surface area (Å²) in [5.41, 5.74) is 0.111. The highest BCUT2D eigenvalue weighted by molar-refractivity contribution is 14.1. The lowest BCUT2D eigenvalue weighted by atomic mass is 10.1. The van der Waals surface area contributed by atoms with Crippen molar-refractivity contribution in [2.45, 2.75) is 18.6 Å². The average molecular weight is 391 g/mol. The van der Waals surface area contributed by atoms with E-state index in [1.807, 2.05) is 22.6 Å². The van der Waals surface area contributed by atoms with Gasteiger partial charge in [0.15, 0.2) is 0 Å². The van der Waals surface area contributed by atoms with E-state index < -0.39 is 17.9 Å². The van der Waals surface area contributed by atoms with Crippen molar-refractivity contribution in [3.8, 4) is 5.75 Å². The third-order valence-electron chi connectivity index (χ3n) is 3.33. The van der Waals surface area contributed by atoms with E-state index in [-0.39, 0.29) is 30.4 Å². The zero-order chi connectivity index (χ0) is 14.9. The number of hydrogen-bond acceptors (Lipinski definition) is 4. The van der Waals surface area contributed by atoms with Gasteiger partial charge in [0.1, 0.15) is 11.8 Å². The largest absolute Gasteiger partial charge is 0.507 e. The van der Waals surface area contributed by atoms with Crippen molar-refractivity contribution in [3.63, 3.8) is 0 Å². The molecule has 2 rings (SSSR count). The third kappa shape index (κ3) is 2.88. The molecule has 0 spiro atoms. The van der Waals surface area contributed by atoms with Gasteiger partial charge in [0.25, 0.3) is 5.91 Å². The molecule has 2 atom stereocenters. The van der Waals surface area contributed by atoms with Crippen LogP contribution < -0.4 is 0 Å². The fourth-order valence-corrected chi connectivity index (χ4v) is 2.75. The number of rotatable bonds is 3. The molecule has 20 heavy (non-hydrogen) atoms. The Bertz CT molecular complexity index is 548. The van der Waals surface area contributed by atoms with Crippen molar-refractivity contribution < 1.29 is 24.5 Å². The van der Waals surface area contributed by atoms with Crippen LogP contribution in [0, 0.1) is 3.57 Å². The van der Waals surface area contributed by atoms with Gasteiger partial charge in [-0.3, -0.25) is 4.79 Å². The monoisotopic (exact) mass is 391 g/mol. The minimum Gasteiger partial charge on any atom is -0.507 e. The van der Waals surface area contributed by atoms with Gasteiger partial charge in [0.2, 0.25) is 0 Å². The topological polar surface area (TPSA) is 87.1 Å². The number of aromatic hydroxyl groups is 1. The lowest BCUT2D eigenvalue weighted by molar-refractivity contribution is -0.141. The Hall–Kier alpha value is -1.35. The smallest absolute Gasteiger partial charge is 0.326 e. The van der Waals surface area contributed by atoms with E-state index in [4.69, 9.17) is 4.74 Å². The number of amides is 1. The van der Waals surface area contributed by atoms with E-state index >= 15 is 0 Å². The number of carboxylic acids is 1. The lowest BCUT2D eigenvalue weighted by Crippen LogP contribution is -2.40. The highest BCUT2D eigenvalue weighted by Crippen LogP contribution is 2.27. The van der Waals surface area contributed by atoms with Crippen molar-refractivity contribution >= 4 is 34.5 Å². The summed E-state index contributed by atoms with van der Waals surface area (Å²) in [4.78, 5) is 24.9. The molecule has 1 aliphatic rings. The molecule has 1 heterocycles. The van der Waals surface area contributed by atoms with Crippen LogP contribution >= 0.6 is 22.6 Å². The van der Waals surface area contributed by atoms with Crippen LogP contribution in [0.2, 0.25) is 0 Å². The predicted molar refractivity (Wildman–Crippen MR) is 78.7 cm³/mol. The molecule has 1 fully saturated rings. The molecule has 2 N–H and O–H groups in total. The first-order valence-corrected chi connectivity index (χ1v) is 7.07. The molecule has 1 aromatic carbocycles. The molecule has 7 heteroatoms. The molecule has 0 radical (unpaired) electrons. The first-order valence-electron chi connectivity index (χ1n) is 5.99. The maximum absolute atomic E-state index is 12.4. The zero-order valence-electron chi connectivity index (χ0n) is 10.7. The second kappa shape index (κ2) is 5.96. The maximum Gasteiger partial charge on any atom is 0.326 e. The van der Waals surface area contributed by atoms with Crippen LogP contribution in [0.5, 0.6) is 5.75 Å². The van der Waals surface area contributed by atoms with Gasteiger partial charge in [-0.25, -0.2) is 4.79 Å². The van der Waals surface area contributed by atoms with Crippen LogP contribution in [0.4, 0.5) is 0 Å². The molecule has 0 saturated carbocycles. The van der Waals surface area contributed by atoms with Crippen LogP contribution in [-0.2, 0) is 9.53 Å². The van der Waals surface area contributed by atoms with E-state index in [9.17, 15) is 19.8 Å². The summed E-state index contributed by atoms with van der Waals surface area (Å²) in [6.07, 6.45) is -0.0487. The Balaban J connectivity index is 2.31. The van der Waals surface area contributed by atoms with Crippen molar-refractivity contribution in [1.29, 1.82) is 0 Å². The number of ether oxygens (including phenoxy) is 1. The van der Waals surface area contributed by atoms with E-state index in [1.54, 1.807) is 6.07 Å². The van der Waals surface area contributed by atoms with Crippen molar-refractivity contribution in [1.82, 2.24) is 4.90 Å². The van der Waals surface area contributed by atoms with E-state index in [1.165, 1.54) is 24.1 Å². The Morgan fingerprint density at radius 2 is 2.15 bits per heavy atom. The number of benzene rings is 1. The summed E-state index contributed by atoms with van der Waals surface area (Å²) in [6.45, 7) is 0.206. The average Bonchev–Trinajstić information content (AvgIpc) is 2.85. The second-order valence-electron chi connectivity index (χ2n) is 4.57. The molecule has 6 nitrogen and oxygen atoms in total. The molecule has 0 bridgehead atoms. The Morgan fingerprint density at radius 1 is 1.45 bits per heavy atom. The minimum absolute atomic E-state index is 0.111. The summed E-state index contributed by atoms with van der Waals surface area (Å²) >= 11 is 2.03. The number of halogens is 1. The highest BCUT2D eigenvalue weighted by atomic mass is 127. The van der Waals surface area contributed by atoms with Crippen LogP contribution in [-0.4, -0.2) is 52.8 Å². The molecule has 0 aromatic heterocycles. The van der Waals surface area contributed by atoms with Crippen LogP contribution in [0.1, 0.15) is 16.8 Å². The van der Waals surface area contributed by atoms with Gasteiger partial charge >= 0.3 is 5.97 Å². The van der Waals surface area contributed by atoms with Crippen LogP contribution in [0.15, 0.2) is 18.2 Å². The molecule has 2 unspecified atom stereocenters. The van der Waals surface area contributed by atoms with Gasteiger partial charge in [-0.05, 0) is 40.8 Å². The number of phenolic OH excluding ortho intramolecular Hbond substituents is 1. The number of methoxy groups -OCH3 is 1. The van der Waals surface area contributed by atoms with Crippen LogP contribution in [0.3, 0.4) is 0 Å². The Morgan fingerprint density at radius 3 is 2.75 bits per heavy atom. The normalized spacial score (nSPS) is 22.0. The van der Waals surface area contributed by atoms with Crippen LogP contribution in [0.25, 0.3) is 0 Å². The number of carbonyl (C=O) groups is 2. The number of carboxylic acid groups (broad SMARTS) is 1. The fourth-order valence-electron chi connectivity index (χ4n) is 2.26. The molecule has 1 amide bonds. The summed E-state index contributed by atoms with van der Waals surface area (Å²) in [6, 6.07) is 3.71. The number of hydrogen-bond donors (Lipinski definition) is 2. The second-order valence-corrected chi connectivity index (χ2v) is 5.81. The SMILES string of the molecule is COC1CC(C(=O)O)N(C(=O)c2cc(I)ccc2O)C1. The predicted octanol–water partition coefficient (Wildman–Crippen LogP) is 1.31. The molecular formula is C13H14INO5. The minimum atomic E-state index is -1.07. The van der Waals surface area contributed by atoms with Gasteiger partial charge in [0.05, 0.1) is 11.7 Å². The molecule has 0 aliphatic carbocycles. The third-order valence-corrected chi connectivity index (χ3v) is 4.00.